The molecule has 2 rings (SSSR count). The van der Waals surface area contributed by atoms with Gasteiger partial charge in [-0.1, -0.05) is 18.2 Å². The minimum Gasteiger partial charge on any atom is -0.460 e. The molecule has 1 aromatic rings. The Balaban J connectivity index is 2.11. The molecule has 1 aromatic heterocycles. The standard InChI is InChI=1S/C19H24ClN3O4/c1-18(2,3)27-17(24)10-8-14-7-9-15(20)19(12-14,23(25)26)13-22-16-6-4-5-11-21-16/h4-7,9,11-12,15H,8,10,13H2,1-3H3,(H,21,22). The van der Waals surface area contributed by atoms with Gasteiger partial charge < -0.3 is 10.1 Å². The Kier molecular flexibility index (Phi) is 6.59. The van der Waals surface area contributed by atoms with Gasteiger partial charge in [0.05, 0.1) is 6.54 Å². The molecule has 0 bridgehead atoms. The van der Waals surface area contributed by atoms with Gasteiger partial charge in [0, 0.05) is 17.5 Å². The predicted molar refractivity (Wildman–Crippen MR) is 104 cm³/mol. The lowest BCUT2D eigenvalue weighted by Crippen LogP contribution is -2.51. The molecule has 1 aliphatic carbocycles. The molecule has 0 saturated carbocycles. The topological polar surface area (TPSA) is 94.4 Å². The van der Waals surface area contributed by atoms with Crippen LogP contribution >= 0.6 is 11.6 Å². The van der Waals surface area contributed by atoms with E-state index in [1.165, 1.54) is 6.08 Å². The van der Waals surface area contributed by atoms with E-state index in [4.69, 9.17) is 16.3 Å². The van der Waals surface area contributed by atoms with Crippen LogP contribution in [0, 0.1) is 10.1 Å². The predicted octanol–water partition coefficient (Wildman–Crippen LogP) is 3.73. The zero-order valence-electron chi connectivity index (χ0n) is 15.6. The Morgan fingerprint density at radius 2 is 2.19 bits per heavy atom. The van der Waals surface area contributed by atoms with Gasteiger partial charge in [-0.2, -0.15) is 0 Å². The van der Waals surface area contributed by atoms with Crippen molar-refractivity contribution in [3.8, 4) is 0 Å². The first-order valence-electron chi connectivity index (χ1n) is 8.68. The summed E-state index contributed by atoms with van der Waals surface area (Å²) in [4.78, 5) is 27.5. The van der Waals surface area contributed by atoms with Crippen LogP contribution in [0.3, 0.4) is 0 Å². The second-order valence-corrected chi connectivity index (χ2v) is 7.85. The van der Waals surface area contributed by atoms with Crippen LogP contribution in [-0.2, 0) is 9.53 Å². The van der Waals surface area contributed by atoms with Gasteiger partial charge in [-0.15, -0.1) is 11.6 Å². The highest BCUT2D eigenvalue weighted by Crippen LogP contribution is 2.31. The van der Waals surface area contributed by atoms with Crippen molar-refractivity contribution in [2.75, 3.05) is 11.9 Å². The number of allylic oxidation sites excluding steroid dienone is 2. The summed E-state index contributed by atoms with van der Waals surface area (Å²) in [6.45, 7) is 5.36. The van der Waals surface area contributed by atoms with Gasteiger partial charge >= 0.3 is 5.97 Å². The summed E-state index contributed by atoms with van der Waals surface area (Å²) in [7, 11) is 0. The first-order chi connectivity index (χ1) is 12.6. The number of nitrogens with zero attached hydrogens (tertiary/aromatic N) is 2. The fourth-order valence-electron chi connectivity index (χ4n) is 2.68. The molecule has 27 heavy (non-hydrogen) atoms. The van der Waals surface area contributed by atoms with Crippen LogP contribution in [0.4, 0.5) is 5.82 Å². The van der Waals surface area contributed by atoms with E-state index in [1.54, 1.807) is 57.3 Å². The number of alkyl halides is 1. The van der Waals surface area contributed by atoms with E-state index >= 15 is 0 Å². The molecule has 0 amide bonds. The van der Waals surface area contributed by atoms with Gasteiger partial charge in [-0.3, -0.25) is 14.9 Å². The highest BCUT2D eigenvalue weighted by atomic mass is 35.5. The Hall–Kier alpha value is -2.41. The average Bonchev–Trinajstić information content (AvgIpc) is 2.59. The van der Waals surface area contributed by atoms with E-state index < -0.39 is 21.4 Å². The van der Waals surface area contributed by atoms with Gasteiger partial charge in [-0.25, -0.2) is 4.98 Å². The smallest absolute Gasteiger partial charge is 0.306 e. The molecule has 0 aliphatic heterocycles. The lowest BCUT2D eigenvalue weighted by atomic mass is 9.86. The number of hydrogen-bond donors (Lipinski definition) is 1. The molecule has 2 atom stereocenters. The number of hydrogen-bond acceptors (Lipinski definition) is 6. The van der Waals surface area contributed by atoms with Gasteiger partial charge in [-0.05, 0) is 51.0 Å². The van der Waals surface area contributed by atoms with Crippen LogP contribution in [0.2, 0.25) is 0 Å². The molecule has 0 spiro atoms. The van der Waals surface area contributed by atoms with Gasteiger partial charge in [0.15, 0.2) is 0 Å². The largest absolute Gasteiger partial charge is 0.460 e. The molecule has 7 nitrogen and oxygen atoms in total. The van der Waals surface area contributed by atoms with Crippen molar-refractivity contribution in [2.24, 2.45) is 0 Å². The molecule has 1 heterocycles. The maximum Gasteiger partial charge on any atom is 0.306 e. The van der Waals surface area contributed by atoms with E-state index in [9.17, 15) is 14.9 Å². The number of pyridine rings is 1. The number of halogens is 1. The molecule has 8 heteroatoms. The minimum absolute atomic E-state index is 0.0224. The van der Waals surface area contributed by atoms with E-state index in [1.807, 2.05) is 0 Å². The summed E-state index contributed by atoms with van der Waals surface area (Å²) in [5, 5.41) is 14.0. The number of carbonyl (C=O) groups excluding carboxylic acids is 1. The number of aromatic nitrogens is 1. The molecular formula is C19H24ClN3O4. The fourth-order valence-corrected chi connectivity index (χ4v) is 2.98. The second-order valence-electron chi connectivity index (χ2n) is 7.38. The van der Waals surface area contributed by atoms with Crippen molar-refractivity contribution in [2.45, 2.75) is 50.1 Å². The number of carbonyl (C=O) groups is 1. The normalized spacial score (nSPS) is 22.1. The van der Waals surface area contributed by atoms with Crippen molar-refractivity contribution in [3.63, 3.8) is 0 Å². The monoisotopic (exact) mass is 393 g/mol. The first-order valence-corrected chi connectivity index (χ1v) is 9.11. The first kappa shape index (κ1) is 20.9. The molecular weight excluding hydrogens is 370 g/mol. The Morgan fingerprint density at radius 1 is 1.44 bits per heavy atom. The number of anilines is 1. The average molecular weight is 394 g/mol. The molecule has 1 N–H and O–H groups in total. The SMILES string of the molecule is CC(C)(C)OC(=O)CCC1=CC(CNc2ccccn2)([N+](=O)[O-])C(Cl)C=C1. The lowest BCUT2D eigenvalue weighted by Gasteiger charge is -2.29. The van der Waals surface area contributed by atoms with Gasteiger partial charge in [0.25, 0.3) is 5.54 Å². The van der Waals surface area contributed by atoms with Crippen LogP contribution in [0.15, 0.2) is 48.2 Å². The van der Waals surface area contributed by atoms with Crippen molar-refractivity contribution in [1.29, 1.82) is 0 Å². The number of ether oxygens (including phenoxy) is 1. The summed E-state index contributed by atoms with van der Waals surface area (Å²) < 4.78 is 5.28. The Morgan fingerprint density at radius 3 is 2.78 bits per heavy atom. The highest BCUT2D eigenvalue weighted by molar-refractivity contribution is 6.23. The second kappa shape index (κ2) is 8.52. The summed E-state index contributed by atoms with van der Waals surface area (Å²) >= 11 is 6.29. The van der Waals surface area contributed by atoms with Crippen molar-refractivity contribution in [1.82, 2.24) is 4.98 Å². The van der Waals surface area contributed by atoms with Crippen molar-refractivity contribution >= 4 is 23.4 Å². The van der Waals surface area contributed by atoms with E-state index in [-0.39, 0.29) is 18.9 Å². The molecule has 2 unspecified atom stereocenters. The van der Waals surface area contributed by atoms with Crippen LogP contribution in [0.25, 0.3) is 0 Å². The summed E-state index contributed by atoms with van der Waals surface area (Å²) in [5.74, 6) is 0.184. The van der Waals surface area contributed by atoms with Gasteiger partial charge in [0.1, 0.15) is 16.8 Å². The third-order valence-corrected chi connectivity index (χ3v) is 4.51. The number of esters is 1. The quantitative estimate of drug-likeness (QED) is 0.328. The zero-order chi connectivity index (χ0) is 20.1. The summed E-state index contributed by atoms with van der Waals surface area (Å²) in [6, 6.07) is 5.27. The molecule has 0 aromatic carbocycles. The Bertz CT molecular complexity index is 743. The van der Waals surface area contributed by atoms with Crippen LogP contribution < -0.4 is 5.32 Å². The maximum absolute atomic E-state index is 11.9. The molecule has 0 radical (unpaired) electrons. The molecule has 146 valence electrons. The highest BCUT2D eigenvalue weighted by Gasteiger charge is 2.48. The fraction of sp³-hybridized carbons (Fsp3) is 0.474. The van der Waals surface area contributed by atoms with Crippen molar-refractivity contribution < 1.29 is 14.5 Å². The number of nitro groups is 1. The summed E-state index contributed by atoms with van der Waals surface area (Å²) in [6.07, 6.45) is 6.93. The van der Waals surface area contributed by atoms with E-state index in [0.29, 0.717) is 17.8 Å². The van der Waals surface area contributed by atoms with Gasteiger partial charge in [0.2, 0.25) is 0 Å². The van der Waals surface area contributed by atoms with Crippen molar-refractivity contribution in [3.05, 3.63) is 58.3 Å². The lowest BCUT2D eigenvalue weighted by molar-refractivity contribution is -0.549. The number of rotatable bonds is 7. The third kappa shape index (κ3) is 5.79. The molecule has 0 saturated heterocycles. The van der Waals surface area contributed by atoms with Crippen LogP contribution in [-0.4, -0.2) is 38.9 Å². The maximum atomic E-state index is 11.9. The zero-order valence-corrected chi connectivity index (χ0v) is 16.4. The third-order valence-electron chi connectivity index (χ3n) is 3.99. The Labute approximate surface area is 163 Å². The van der Waals surface area contributed by atoms with Crippen LogP contribution in [0.5, 0.6) is 0 Å². The van der Waals surface area contributed by atoms with E-state index in [0.717, 1.165) is 0 Å². The summed E-state index contributed by atoms with van der Waals surface area (Å²) in [5.41, 5.74) is -1.42. The van der Waals surface area contributed by atoms with E-state index in [2.05, 4.69) is 10.3 Å². The minimum atomic E-state index is -1.53. The van der Waals surface area contributed by atoms with Crippen LogP contribution in [0.1, 0.15) is 33.6 Å². The molecule has 1 aliphatic rings. The molecule has 0 fully saturated rings. The number of nitrogens with one attached hydrogen (secondary N) is 1.